The van der Waals surface area contributed by atoms with Gasteiger partial charge in [0.25, 0.3) is 0 Å². The lowest BCUT2D eigenvalue weighted by Crippen LogP contribution is -2.03. The monoisotopic (exact) mass is 298 g/mol. The van der Waals surface area contributed by atoms with Crippen LogP contribution in [0.3, 0.4) is 0 Å². The Bertz CT molecular complexity index is 485. The fourth-order valence-corrected chi connectivity index (χ4v) is 1.87. The largest absolute Gasteiger partial charge is 0.396 e. The molecule has 0 radical (unpaired) electrons. The standard InChI is InChI=1S/C11H15BrN4O/c12-9-4-5-10-14-11(15-16(10)8-9)13-6-2-1-3-7-17/h4-5,8,17H,1-3,6-7H2,(H,13,15). The number of pyridine rings is 1. The van der Waals surface area contributed by atoms with Crippen molar-refractivity contribution in [3.8, 4) is 0 Å². The SMILES string of the molecule is OCCCCCNc1nc2ccc(Br)cn2n1. The van der Waals surface area contributed by atoms with Gasteiger partial charge in [-0.2, -0.15) is 4.98 Å². The van der Waals surface area contributed by atoms with Gasteiger partial charge in [-0.05, 0) is 47.3 Å². The Morgan fingerprint density at radius 1 is 1.29 bits per heavy atom. The molecule has 0 aliphatic carbocycles. The van der Waals surface area contributed by atoms with Gasteiger partial charge < -0.3 is 10.4 Å². The summed E-state index contributed by atoms with van der Waals surface area (Å²) in [7, 11) is 0. The van der Waals surface area contributed by atoms with Gasteiger partial charge in [-0.15, -0.1) is 5.10 Å². The van der Waals surface area contributed by atoms with Crippen LogP contribution in [-0.4, -0.2) is 32.9 Å². The molecule has 2 rings (SSSR count). The van der Waals surface area contributed by atoms with Gasteiger partial charge in [0.2, 0.25) is 5.95 Å². The van der Waals surface area contributed by atoms with Crippen molar-refractivity contribution >= 4 is 27.5 Å². The molecular formula is C11H15BrN4O. The lowest BCUT2D eigenvalue weighted by molar-refractivity contribution is 0.283. The van der Waals surface area contributed by atoms with Gasteiger partial charge in [-0.3, -0.25) is 0 Å². The lowest BCUT2D eigenvalue weighted by Gasteiger charge is -1.99. The number of aliphatic hydroxyl groups excluding tert-OH is 1. The Balaban J connectivity index is 1.91. The predicted octanol–water partition coefficient (Wildman–Crippen LogP) is 2.07. The first-order valence-corrected chi connectivity index (χ1v) is 6.45. The maximum atomic E-state index is 8.65. The Hall–Kier alpha value is -1.14. The number of unbranched alkanes of at least 4 members (excludes halogenated alkanes) is 2. The normalized spacial score (nSPS) is 10.9. The van der Waals surface area contributed by atoms with Crippen molar-refractivity contribution < 1.29 is 5.11 Å². The summed E-state index contributed by atoms with van der Waals surface area (Å²) in [5.41, 5.74) is 0.825. The fraction of sp³-hybridized carbons (Fsp3) is 0.455. The number of aromatic nitrogens is 3. The summed E-state index contributed by atoms with van der Waals surface area (Å²) in [5.74, 6) is 0.645. The molecule has 92 valence electrons. The molecule has 2 aromatic rings. The van der Waals surface area contributed by atoms with Crippen LogP contribution in [0, 0.1) is 0 Å². The molecule has 0 unspecified atom stereocenters. The number of rotatable bonds is 6. The van der Waals surface area contributed by atoms with Crippen LogP contribution < -0.4 is 5.32 Å². The Labute approximate surface area is 108 Å². The van der Waals surface area contributed by atoms with Gasteiger partial charge in [0.15, 0.2) is 5.65 Å². The van der Waals surface area contributed by atoms with E-state index in [2.05, 4.69) is 31.3 Å². The van der Waals surface area contributed by atoms with Crippen LogP contribution in [0.1, 0.15) is 19.3 Å². The van der Waals surface area contributed by atoms with Gasteiger partial charge in [-0.25, -0.2) is 4.52 Å². The molecule has 2 heterocycles. The first-order valence-electron chi connectivity index (χ1n) is 5.66. The highest BCUT2D eigenvalue weighted by atomic mass is 79.9. The molecule has 0 bridgehead atoms. The van der Waals surface area contributed by atoms with Gasteiger partial charge in [0, 0.05) is 23.8 Å². The molecular weight excluding hydrogens is 284 g/mol. The van der Waals surface area contributed by atoms with Crippen molar-refractivity contribution in [2.75, 3.05) is 18.5 Å². The lowest BCUT2D eigenvalue weighted by atomic mass is 10.2. The molecule has 0 saturated heterocycles. The van der Waals surface area contributed by atoms with Gasteiger partial charge in [0.1, 0.15) is 0 Å². The maximum absolute atomic E-state index is 8.65. The van der Waals surface area contributed by atoms with Gasteiger partial charge >= 0.3 is 0 Å². The Kier molecular flexibility index (Phi) is 4.33. The molecule has 0 aliphatic heterocycles. The van der Waals surface area contributed by atoms with Crippen molar-refractivity contribution in [1.82, 2.24) is 14.6 Å². The zero-order chi connectivity index (χ0) is 12.1. The second-order valence-corrected chi connectivity index (χ2v) is 4.71. The zero-order valence-electron chi connectivity index (χ0n) is 9.43. The molecule has 2 aromatic heterocycles. The van der Waals surface area contributed by atoms with E-state index < -0.39 is 0 Å². The second-order valence-electron chi connectivity index (χ2n) is 3.80. The highest BCUT2D eigenvalue weighted by molar-refractivity contribution is 9.10. The third-order valence-corrected chi connectivity index (χ3v) is 2.88. The van der Waals surface area contributed by atoms with E-state index in [4.69, 9.17) is 5.11 Å². The first kappa shape index (κ1) is 12.3. The summed E-state index contributed by atoms with van der Waals surface area (Å²) in [6.45, 7) is 1.10. The average molecular weight is 299 g/mol. The van der Waals surface area contributed by atoms with Crippen molar-refractivity contribution in [1.29, 1.82) is 0 Å². The average Bonchev–Trinajstić information content (AvgIpc) is 2.70. The molecule has 0 fully saturated rings. The Morgan fingerprint density at radius 3 is 3.00 bits per heavy atom. The van der Waals surface area contributed by atoms with E-state index in [-0.39, 0.29) is 6.61 Å². The topological polar surface area (TPSA) is 62.5 Å². The minimum Gasteiger partial charge on any atom is -0.396 e. The highest BCUT2D eigenvalue weighted by Crippen LogP contribution is 2.12. The number of fused-ring (bicyclic) bond motifs is 1. The summed E-state index contributed by atoms with van der Waals surface area (Å²) < 4.78 is 2.71. The van der Waals surface area contributed by atoms with E-state index in [0.717, 1.165) is 35.9 Å². The van der Waals surface area contributed by atoms with Crippen LogP contribution in [0.25, 0.3) is 5.65 Å². The molecule has 0 saturated carbocycles. The fourth-order valence-electron chi connectivity index (χ4n) is 1.55. The van der Waals surface area contributed by atoms with E-state index in [0.29, 0.717) is 5.95 Å². The summed E-state index contributed by atoms with van der Waals surface area (Å²) in [6, 6.07) is 3.85. The third kappa shape index (κ3) is 3.41. The van der Waals surface area contributed by atoms with E-state index in [1.54, 1.807) is 4.52 Å². The van der Waals surface area contributed by atoms with Gasteiger partial charge in [0.05, 0.1) is 0 Å². The first-order chi connectivity index (χ1) is 8.29. The Morgan fingerprint density at radius 2 is 2.18 bits per heavy atom. The molecule has 0 aromatic carbocycles. The van der Waals surface area contributed by atoms with Gasteiger partial charge in [-0.1, -0.05) is 0 Å². The molecule has 0 amide bonds. The molecule has 2 N–H and O–H groups in total. The van der Waals surface area contributed by atoms with Crippen LogP contribution in [0.4, 0.5) is 5.95 Å². The molecule has 5 nitrogen and oxygen atoms in total. The number of nitrogens with zero attached hydrogens (tertiary/aromatic N) is 3. The molecule has 0 spiro atoms. The summed E-state index contributed by atoms with van der Waals surface area (Å²) in [5, 5.41) is 16.1. The third-order valence-electron chi connectivity index (χ3n) is 2.41. The number of halogens is 1. The second kappa shape index (κ2) is 5.97. The van der Waals surface area contributed by atoms with Crippen molar-refractivity contribution in [3.05, 3.63) is 22.8 Å². The quantitative estimate of drug-likeness (QED) is 0.802. The minimum atomic E-state index is 0.265. The van der Waals surface area contributed by atoms with Crippen LogP contribution in [0.5, 0.6) is 0 Å². The molecule has 17 heavy (non-hydrogen) atoms. The van der Waals surface area contributed by atoms with E-state index in [9.17, 15) is 0 Å². The summed E-state index contributed by atoms with van der Waals surface area (Å²) in [4.78, 5) is 4.34. The van der Waals surface area contributed by atoms with Crippen LogP contribution in [0.2, 0.25) is 0 Å². The van der Waals surface area contributed by atoms with Crippen molar-refractivity contribution in [2.24, 2.45) is 0 Å². The number of aliphatic hydroxyl groups is 1. The van der Waals surface area contributed by atoms with E-state index in [1.807, 2.05) is 18.3 Å². The van der Waals surface area contributed by atoms with E-state index >= 15 is 0 Å². The molecule has 0 aliphatic rings. The summed E-state index contributed by atoms with van der Waals surface area (Å²) in [6.07, 6.45) is 4.76. The highest BCUT2D eigenvalue weighted by Gasteiger charge is 2.02. The van der Waals surface area contributed by atoms with E-state index in [1.165, 1.54) is 0 Å². The number of hydrogen-bond acceptors (Lipinski definition) is 4. The summed E-state index contributed by atoms with van der Waals surface area (Å²) >= 11 is 3.39. The predicted molar refractivity (Wildman–Crippen MR) is 70.1 cm³/mol. The maximum Gasteiger partial charge on any atom is 0.243 e. The molecule has 0 atom stereocenters. The smallest absolute Gasteiger partial charge is 0.243 e. The van der Waals surface area contributed by atoms with Crippen LogP contribution in [0.15, 0.2) is 22.8 Å². The van der Waals surface area contributed by atoms with Crippen molar-refractivity contribution in [3.63, 3.8) is 0 Å². The number of anilines is 1. The minimum absolute atomic E-state index is 0.265. The van der Waals surface area contributed by atoms with Crippen molar-refractivity contribution in [2.45, 2.75) is 19.3 Å². The zero-order valence-corrected chi connectivity index (χ0v) is 11.0. The van der Waals surface area contributed by atoms with Crippen LogP contribution >= 0.6 is 15.9 Å². The number of nitrogens with one attached hydrogen (secondary N) is 1. The van der Waals surface area contributed by atoms with Crippen LogP contribution in [-0.2, 0) is 0 Å². The number of hydrogen-bond donors (Lipinski definition) is 2. The molecule has 6 heteroatoms.